The standard InChI is InChI=1S/C19H22FN3O/c1-13-5-2-3-10-23(13)15-11-22(12-15)19(24)17-9-8-14-6-4-7-16(20)18(14)21-17/h4,6-9,13,15H,2-3,5,10-12H2,1H3. The van der Waals surface area contributed by atoms with Crippen LogP contribution >= 0.6 is 0 Å². The van der Waals surface area contributed by atoms with Crippen molar-refractivity contribution in [2.75, 3.05) is 19.6 Å². The maximum atomic E-state index is 13.9. The van der Waals surface area contributed by atoms with Gasteiger partial charge in [-0.3, -0.25) is 9.69 Å². The van der Waals surface area contributed by atoms with E-state index in [0.717, 1.165) is 25.0 Å². The number of hydrogen-bond donors (Lipinski definition) is 0. The minimum Gasteiger partial charge on any atom is -0.334 e. The number of para-hydroxylation sites is 1. The molecule has 0 radical (unpaired) electrons. The van der Waals surface area contributed by atoms with E-state index in [-0.39, 0.29) is 17.2 Å². The maximum absolute atomic E-state index is 13.9. The zero-order valence-corrected chi connectivity index (χ0v) is 13.9. The summed E-state index contributed by atoms with van der Waals surface area (Å²) in [5, 5.41) is 0.718. The Morgan fingerprint density at radius 1 is 1.21 bits per heavy atom. The van der Waals surface area contributed by atoms with E-state index in [1.165, 1.54) is 25.3 Å². The van der Waals surface area contributed by atoms with Crippen LogP contribution in [-0.2, 0) is 0 Å². The van der Waals surface area contributed by atoms with Crippen LogP contribution in [-0.4, -0.2) is 52.4 Å². The molecule has 0 saturated carbocycles. The molecule has 24 heavy (non-hydrogen) atoms. The van der Waals surface area contributed by atoms with Gasteiger partial charge in [0.15, 0.2) is 0 Å². The van der Waals surface area contributed by atoms with Gasteiger partial charge in [-0.1, -0.05) is 24.6 Å². The van der Waals surface area contributed by atoms with Crippen molar-refractivity contribution in [3.63, 3.8) is 0 Å². The van der Waals surface area contributed by atoms with E-state index in [0.29, 0.717) is 17.8 Å². The molecule has 1 aromatic heterocycles. The largest absolute Gasteiger partial charge is 0.334 e. The highest BCUT2D eigenvalue weighted by atomic mass is 19.1. The zero-order valence-electron chi connectivity index (χ0n) is 13.9. The summed E-state index contributed by atoms with van der Waals surface area (Å²) in [6.45, 7) is 4.91. The molecule has 126 valence electrons. The van der Waals surface area contributed by atoms with Crippen molar-refractivity contribution in [2.45, 2.75) is 38.3 Å². The van der Waals surface area contributed by atoms with E-state index in [4.69, 9.17) is 0 Å². The van der Waals surface area contributed by atoms with Crippen LogP contribution in [0.3, 0.4) is 0 Å². The molecule has 4 rings (SSSR count). The number of rotatable bonds is 2. The monoisotopic (exact) mass is 327 g/mol. The summed E-state index contributed by atoms with van der Waals surface area (Å²) in [7, 11) is 0. The average molecular weight is 327 g/mol. The lowest BCUT2D eigenvalue weighted by Gasteiger charge is -2.49. The van der Waals surface area contributed by atoms with Crippen molar-refractivity contribution >= 4 is 16.8 Å². The van der Waals surface area contributed by atoms with E-state index >= 15 is 0 Å². The highest BCUT2D eigenvalue weighted by Gasteiger charge is 2.38. The highest BCUT2D eigenvalue weighted by Crippen LogP contribution is 2.25. The van der Waals surface area contributed by atoms with Crippen LogP contribution in [0.4, 0.5) is 4.39 Å². The number of fused-ring (bicyclic) bond motifs is 1. The summed E-state index contributed by atoms with van der Waals surface area (Å²) in [5.74, 6) is -0.480. The first-order chi connectivity index (χ1) is 11.6. The molecule has 1 amide bonds. The lowest BCUT2D eigenvalue weighted by Crippen LogP contribution is -2.63. The fraction of sp³-hybridized carbons (Fsp3) is 0.474. The molecular weight excluding hydrogens is 305 g/mol. The Hall–Kier alpha value is -2.01. The third-order valence-corrected chi connectivity index (χ3v) is 5.36. The molecule has 5 heteroatoms. The molecule has 0 N–H and O–H groups in total. The second kappa shape index (κ2) is 6.13. The molecule has 0 spiro atoms. The first-order valence-corrected chi connectivity index (χ1v) is 8.74. The van der Waals surface area contributed by atoms with Crippen LogP contribution in [0.15, 0.2) is 30.3 Å². The molecular formula is C19H22FN3O. The number of carbonyl (C=O) groups is 1. The summed E-state index contributed by atoms with van der Waals surface area (Å²) in [4.78, 5) is 21.2. The summed E-state index contributed by atoms with van der Waals surface area (Å²) in [6.07, 6.45) is 3.80. The van der Waals surface area contributed by atoms with Gasteiger partial charge >= 0.3 is 0 Å². The summed E-state index contributed by atoms with van der Waals surface area (Å²) >= 11 is 0. The molecule has 0 aliphatic carbocycles. The van der Waals surface area contributed by atoms with Crippen molar-refractivity contribution < 1.29 is 9.18 Å². The number of carbonyl (C=O) groups excluding carboxylic acids is 1. The van der Waals surface area contributed by atoms with Crippen molar-refractivity contribution in [1.29, 1.82) is 0 Å². The number of amides is 1. The van der Waals surface area contributed by atoms with Gasteiger partial charge in [0, 0.05) is 30.6 Å². The molecule has 1 aromatic carbocycles. The molecule has 1 unspecified atom stereocenters. The van der Waals surface area contributed by atoms with Gasteiger partial charge < -0.3 is 4.90 Å². The van der Waals surface area contributed by atoms with E-state index < -0.39 is 0 Å². The number of hydrogen-bond acceptors (Lipinski definition) is 3. The van der Waals surface area contributed by atoms with Gasteiger partial charge in [0.05, 0.1) is 0 Å². The number of pyridine rings is 1. The number of halogens is 1. The number of likely N-dealkylation sites (tertiary alicyclic amines) is 2. The number of benzene rings is 1. The lowest BCUT2D eigenvalue weighted by molar-refractivity contribution is 0.00183. The number of nitrogens with zero attached hydrogens (tertiary/aromatic N) is 3. The predicted molar refractivity (Wildman–Crippen MR) is 91.4 cm³/mol. The fourth-order valence-electron chi connectivity index (χ4n) is 3.89. The Morgan fingerprint density at radius 3 is 2.83 bits per heavy atom. The molecule has 0 bridgehead atoms. The van der Waals surface area contributed by atoms with Crippen LogP contribution in [0.1, 0.15) is 36.7 Å². The first-order valence-electron chi connectivity index (χ1n) is 8.74. The van der Waals surface area contributed by atoms with Gasteiger partial charge in [-0.2, -0.15) is 0 Å². The SMILES string of the molecule is CC1CCCCN1C1CN(C(=O)c2ccc3cccc(F)c3n2)C1. The lowest BCUT2D eigenvalue weighted by atomic mass is 9.97. The quantitative estimate of drug-likeness (QED) is 0.850. The topological polar surface area (TPSA) is 36.4 Å². The second-order valence-corrected chi connectivity index (χ2v) is 6.95. The van der Waals surface area contributed by atoms with Gasteiger partial charge in [-0.25, -0.2) is 9.37 Å². The first kappa shape index (κ1) is 15.5. The van der Waals surface area contributed by atoms with Crippen molar-refractivity contribution in [3.05, 3.63) is 41.8 Å². The molecule has 1 atom stereocenters. The van der Waals surface area contributed by atoms with Crippen LogP contribution in [0.5, 0.6) is 0 Å². The molecule has 4 nitrogen and oxygen atoms in total. The van der Waals surface area contributed by atoms with Crippen LogP contribution in [0.2, 0.25) is 0 Å². The Labute approximate surface area is 141 Å². The van der Waals surface area contributed by atoms with E-state index in [1.807, 2.05) is 4.90 Å². The second-order valence-electron chi connectivity index (χ2n) is 6.95. The predicted octanol–water partition coefficient (Wildman–Crippen LogP) is 3.07. The molecule has 2 aliphatic heterocycles. The van der Waals surface area contributed by atoms with Crippen LogP contribution < -0.4 is 0 Å². The summed E-state index contributed by atoms with van der Waals surface area (Å²) in [5.41, 5.74) is 0.600. The van der Waals surface area contributed by atoms with E-state index in [1.54, 1.807) is 24.3 Å². The average Bonchev–Trinajstić information content (AvgIpc) is 2.55. The molecule has 2 fully saturated rings. The Bertz CT molecular complexity index is 772. The maximum Gasteiger partial charge on any atom is 0.272 e. The van der Waals surface area contributed by atoms with Crippen molar-refractivity contribution in [3.8, 4) is 0 Å². The number of piperidine rings is 1. The summed E-state index contributed by atoms with van der Waals surface area (Å²) < 4.78 is 13.9. The third kappa shape index (κ3) is 2.67. The van der Waals surface area contributed by atoms with Gasteiger partial charge in [0.25, 0.3) is 5.91 Å². The molecule has 2 aromatic rings. The fourth-order valence-corrected chi connectivity index (χ4v) is 3.89. The van der Waals surface area contributed by atoms with E-state index in [2.05, 4.69) is 16.8 Å². The Kier molecular flexibility index (Phi) is 3.96. The highest BCUT2D eigenvalue weighted by molar-refractivity contribution is 5.95. The molecule has 2 aliphatic rings. The molecule has 2 saturated heterocycles. The van der Waals surface area contributed by atoms with Crippen LogP contribution in [0, 0.1) is 5.82 Å². The van der Waals surface area contributed by atoms with Crippen LogP contribution in [0.25, 0.3) is 10.9 Å². The Balaban J connectivity index is 1.46. The third-order valence-electron chi connectivity index (χ3n) is 5.36. The van der Waals surface area contributed by atoms with E-state index in [9.17, 15) is 9.18 Å². The minimum atomic E-state index is -0.384. The van der Waals surface area contributed by atoms with Gasteiger partial charge in [0.1, 0.15) is 17.0 Å². The summed E-state index contributed by atoms with van der Waals surface area (Å²) in [6, 6.07) is 9.36. The van der Waals surface area contributed by atoms with Crippen molar-refractivity contribution in [1.82, 2.24) is 14.8 Å². The van der Waals surface area contributed by atoms with Gasteiger partial charge in [0.2, 0.25) is 0 Å². The normalized spacial score (nSPS) is 22.6. The van der Waals surface area contributed by atoms with Gasteiger partial charge in [-0.05, 0) is 38.4 Å². The smallest absolute Gasteiger partial charge is 0.272 e. The van der Waals surface area contributed by atoms with Gasteiger partial charge in [-0.15, -0.1) is 0 Å². The molecule has 3 heterocycles. The number of aromatic nitrogens is 1. The Morgan fingerprint density at radius 2 is 2.04 bits per heavy atom. The van der Waals surface area contributed by atoms with Crippen molar-refractivity contribution in [2.24, 2.45) is 0 Å². The minimum absolute atomic E-state index is 0.0962. The zero-order chi connectivity index (χ0) is 16.7.